The van der Waals surface area contributed by atoms with Gasteiger partial charge in [0.15, 0.2) is 11.6 Å². The topological polar surface area (TPSA) is 143 Å². The third-order valence-corrected chi connectivity index (χ3v) is 3.49. The van der Waals surface area contributed by atoms with Crippen molar-refractivity contribution in [3.63, 3.8) is 0 Å². The third-order valence-electron chi connectivity index (χ3n) is 3.49. The molecule has 0 aliphatic heterocycles. The highest BCUT2D eigenvalue weighted by Gasteiger charge is 2.19. The van der Waals surface area contributed by atoms with Gasteiger partial charge in [0.1, 0.15) is 0 Å². The Morgan fingerprint density at radius 3 is 2.64 bits per heavy atom. The van der Waals surface area contributed by atoms with Crippen molar-refractivity contribution in [2.75, 3.05) is 12.8 Å². The second-order valence-electron chi connectivity index (χ2n) is 5.02. The number of nitro groups is 1. The van der Waals surface area contributed by atoms with Crippen LogP contribution in [0.15, 0.2) is 41.6 Å². The molecule has 2 aromatic carbocycles. The number of nitrogens with zero attached hydrogens (tertiary/aromatic N) is 2. The van der Waals surface area contributed by atoms with Crippen molar-refractivity contribution < 1.29 is 19.3 Å². The number of nitrogen functional groups attached to an aromatic ring is 1. The van der Waals surface area contributed by atoms with Crippen molar-refractivity contribution in [3.05, 3.63) is 63.2 Å². The van der Waals surface area contributed by atoms with Gasteiger partial charge in [-0.3, -0.25) is 10.1 Å². The summed E-state index contributed by atoms with van der Waals surface area (Å²) in [5.74, 6) is -0.906. The molecule has 0 saturated carbocycles. The molecule has 0 heterocycles. The molecule has 25 heavy (non-hydrogen) atoms. The van der Waals surface area contributed by atoms with E-state index in [2.05, 4.69) is 5.16 Å². The Morgan fingerprint density at radius 1 is 1.28 bits per heavy atom. The summed E-state index contributed by atoms with van der Waals surface area (Å²) in [4.78, 5) is 27.1. The van der Waals surface area contributed by atoms with Crippen molar-refractivity contribution in [1.82, 2.24) is 0 Å². The summed E-state index contributed by atoms with van der Waals surface area (Å²) in [6.07, 6.45) is 0. The average molecular weight is 344 g/mol. The van der Waals surface area contributed by atoms with Crippen molar-refractivity contribution in [2.24, 2.45) is 10.9 Å². The van der Waals surface area contributed by atoms with Crippen LogP contribution >= 0.6 is 0 Å². The maximum atomic E-state index is 12.0. The quantitative estimate of drug-likeness (QED) is 0.211. The molecule has 0 bridgehead atoms. The number of anilines is 1. The summed E-state index contributed by atoms with van der Waals surface area (Å²) >= 11 is 0. The van der Waals surface area contributed by atoms with Gasteiger partial charge < -0.3 is 21.0 Å². The van der Waals surface area contributed by atoms with Crippen LogP contribution in [0.4, 0.5) is 11.4 Å². The van der Waals surface area contributed by atoms with Crippen LogP contribution in [0.5, 0.6) is 5.75 Å². The maximum Gasteiger partial charge on any atom is 0.366 e. The van der Waals surface area contributed by atoms with Gasteiger partial charge >= 0.3 is 11.7 Å². The van der Waals surface area contributed by atoms with E-state index in [9.17, 15) is 14.9 Å². The maximum absolute atomic E-state index is 12.0. The highest BCUT2D eigenvalue weighted by molar-refractivity contribution is 6.00. The third kappa shape index (κ3) is 3.83. The molecule has 0 amide bonds. The molecule has 0 aliphatic carbocycles. The van der Waals surface area contributed by atoms with Crippen LogP contribution in [-0.2, 0) is 4.84 Å². The zero-order valence-corrected chi connectivity index (χ0v) is 13.6. The molecule has 0 saturated heterocycles. The molecule has 0 spiro atoms. The number of rotatable bonds is 5. The van der Waals surface area contributed by atoms with Gasteiger partial charge in [-0.15, -0.1) is 0 Å². The van der Waals surface area contributed by atoms with Crippen LogP contribution in [-0.4, -0.2) is 23.8 Å². The molecule has 9 heteroatoms. The molecule has 0 fully saturated rings. The molecule has 0 unspecified atom stereocenters. The molecule has 0 atom stereocenters. The normalized spacial score (nSPS) is 11.0. The zero-order chi connectivity index (χ0) is 18.6. The second-order valence-corrected chi connectivity index (χ2v) is 5.02. The largest absolute Gasteiger partial charge is 0.490 e. The van der Waals surface area contributed by atoms with E-state index in [1.165, 1.54) is 19.2 Å². The first-order valence-corrected chi connectivity index (χ1v) is 7.07. The number of carbonyl (C=O) groups excluding carboxylic acids is 1. The standard InChI is InChI=1S/C16H16N4O5/c1-9-11(4-3-5-12(9)17)15(18)19-25-16(21)10-6-7-14(24-2)13(8-10)20(22)23/h3-8H,17H2,1-2H3,(H2,18,19). The first-order chi connectivity index (χ1) is 11.8. The number of hydrogen-bond donors (Lipinski definition) is 2. The summed E-state index contributed by atoms with van der Waals surface area (Å²) in [6.45, 7) is 1.75. The van der Waals surface area contributed by atoms with E-state index in [1.54, 1.807) is 25.1 Å². The number of hydrogen-bond acceptors (Lipinski definition) is 7. The van der Waals surface area contributed by atoms with Gasteiger partial charge in [-0.1, -0.05) is 17.3 Å². The highest BCUT2D eigenvalue weighted by atomic mass is 16.7. The number of nitro benzene ring substituents is 1. The van der Waals surface area contributed by atoms with Crippen LogP contribution in [0.1, 0.15) is 21.5 Å². The lowest BCUT2D eigenvalue weighted by molar-refractivity contribution is -0.385. The number of carbonyl (C=O) groups is 1. The van der Waals surface area contributed by atoms with Gasteiger partial charge in [0.05, 0.1) is 17.6 Å². The fourth-order valence-corrected chi connectivity index (χ4v) is 2.08. The monoisotopic (exact) mass is 344 g/mol. The van der Waals surface area contributed by atoms with Crippen molar-refractivity contribution in [3.8, 4) is 5.75 Å². The van der Waals surface area contributed by atoms with Crippen LogP contribution in [0.25, 0.3) is 0 Å². The Balaban J connectivity index is 2.23. The Labute approximate surface area is 143 Å². The molecule has 130 valence electrons. The van der Waals surface area contributed by atoms with E-state index in [-0.39, 0.29) is 22.8 Å². The second kappa shape index (κ2) is 7.30. The first-order valence-electron chi connectivity index (χ1n) is 7.07. The summed E-state index contributed by atoms with van der Waals surface area (Å²) < 4.78 is 4.87. The van der Waals surface area contributed by atoms with Crippen LogP contribution in [0, 0.1) is 17.0 Å². The van der Waals surface area contributed by atoms with Gasteiger partial charge in [0, 0.05) is 17.3 Å². The molecular weight excluding hydrogens is 328 g/mol. The summed E-state index contributed by atoms with van der Waals surface area (Å²) in [7, 11) is 1.29. The minimum absolute atomic E-state index is 0.0277. The summed E-state index contributed by atoms with van der Waals surface area (Å²) in [5, 5.41) is 14.6. The van der Waals surface area contributed by atoms with Crippen LogP contribution in [0.3, 0.4) is 0 Å². The number of nitrogens with two attached hydrogens (primary N) is 2. The predicted octanol–water partition coefficient (Wildman–Crippen LogP) is 1.97. The van der Waals surface area contributed by atoms with Gasteiger partial charge in [-0.25, -0.2) is 4.79 Å². The van der Waals surface area contributed by atoms with E-state index in [1.807, 2.05) is 0 Å². The van der Waals surface area contributed by atoms with Crippen LogP contribution in [0.2, 0.25) is 0 Å². The van der Waals surface area contributed by atoms with Crippen molar-refractivity contribution in [2.45, 2.75) is 6.92 Å². The zero-order valence-electron chi connectivity index (χ0n) is 13.6. The lowest BCUT2D eigenvalue weighted by Gasteiger charge is -2.07. The summed E-state index contributed by atoms with van der Waals surface area (Å²) in [5.41, 5.74) is 12.9. The van der Waals surface area contributed by atoms with Gasteiger partial charge in [-0.2, -0.15) is 0 Å². The molecule has 9 nitrogen and oxygen atoms in total. The Morgan fingerprint density at radius 2 is 2.00 bits per heavy atom. The Kier molecular flexibility index (Phi) is 5.18. The van der Waals surface area contributed by atoms with E-state index in [0.29, 0.717) is 16.8 Å². The van der Waals surface area contributed by atoms with Gasteiger partial charge in [-0.05, 0) is 30.7 Å². The molecule has 2 rings (SSSR count). The molecule has 2 aromatic rings. The lowest BCUT2D eigenvalue weighted by atomic mass is 10.1. The minimum Gasteiger partial charge on any atom is -0.490 e. The van der Waals surface area contributed by atoms with E-state index in [4.69, 9.17) is 21.0 Å². The fourth-order valence-electron chi connectivity index (χ4n) is 2.08. The Bertz CT molecular complexity index is 864. The number of methoxy groups -OCH3 is 1. The average Bonchev–Trinajstić information content (AvgIpc) is 2.61. The number of oxime groups is 1. The number of benzene rings is 2. The van der Waals surface area contributed by atoms with E-state index in [0.717, 1.165) is 6.07 Å². The smallest absolute Gasteiger partial charge is 0.366 e. The molecular formula is C16H16N4O5. The first kappa shape index (κ1) is 17.7. The van der Waals surface area contributed by atoms with Gasteiger partial charge in [0.25, 0.3) is 0 Å². The highest BCUT2D eigenvalue weighted by Crippen LogP contribution is 2.27. The van der Waals surface area contributed by atoms with Crippen LogP contribution < -0.4 is 16.2 Å². The van der Waals surface area contributed by atoms with E-state index >= 15 is 0 Å². The molecule has 0 aromatic heterocycles. The van der Waals surface area contributed by atoms with E-state index < -0.39 is 10.9 Å². The minimum atomic E-state index is -0.893. The number of amidine groups is 1. The molecule has 0 aliphatic rings. The van der Waals surface area contributed by atoms with Gasteiger partial charge in [0.2, 0.25) is 0 Å². The fraction of sp³-hybridized carbons (Fsp3) is 0.125. The Hall–Kier alpha value is -3.62. The molecule has 0 radical (unpaired) electrons. The van der Waals surface area contributed by atoms with Crippen molar-refractivity contribution >= 4 is 23.2 Å². The van der Waals surface area contributed by atoms with Crippen molar-refractivity contribution in [1.29, 1.82) is 0 Å². The number of ether oxygens (including phenoxy) is 1. The molecule has 4 N–H and O–H groups in total. The predicted molar refractivity (Wildman–Crippen MR) is 91.4 cm³/mol. The lowest BCUT2D eigenvalue weighted by Crippen LogP contribution is -2.17. The SMILES string of the molecule is COc1ccc(C(=O)O/N=C(\N)c2cccc(N)c2C)cc1[N+](=O)[O-]. The summed E-state index contributed by atoms with van der Waals surface area (Å²) in [6, 6.07) is 8.73.